The highest BCUT2D eigenvalue weighted by Gasteiger charge is 2.38. The molecule has 1 aliphatic heterocycles. The quantitative estimate of drug-likeness (QED) is 0.713. The molecule has 1 fully saturated rings. The molecule has 2 rings (SSSR count). The van der Waals surface area contributed by atoms with E-state index in [1.165, 1.54) is 0 Å². The zero-order valence-electron chi connectivity index (χ0n) is 10.2. The lowest BCUT2D eigenvalue weighted by Crippen LogP contribution is -2.34. The van der Waals surface area contributed by atoms with E-state index in [0.29, 0.717) is 6.61 Å². The molecule has 1 saturated heterocycles. The van der Waals surface area contributed by atoms with Crippen LogP contribution in [0, 0.1) is 13.8 Å². The van der Waals surface area contributed by atoms with E-state index >= 15 is 0 Å². The third kappa shape index (κ3) is 1.90. The van der Waals surface area contributed by atoms with Crippen LogP contribution in [0.15, 0.2) is 18.2 Å². The molecule has 1 atom stereocenters. The molecule has 0 amide bonds. The molecule has 1 aromatic carbocycles. The minimum atomic E-state index is -0.599. The summed E-state index contributed by atoms with van der Waals surface area (Å²) < 4.78 is 5.60. The van der Waals surface area contributed by atoms with Gasteiger partial charge >= 0.3 is 0 Å². The Kier molecular flexibility index (Phi) is 2.85. The first-order valence-electron chi connectivity index (χ1n) is 5.79. The van der Waals surface area contributed by atoms with Gasteiger partial charge in [-0.15, -0.1) is 0 Å². The van der Waals surface area contributed by atoms with Crippen LogP contribution in [-0.2, 0) is 4.74 Å². The first-order chi connectivity index (χ1) is 7.53. The molecule has 0 N–H and O–H groups in total. The summed E-state index contributed by atoms with van der Waals surface area (Å²) in [6.45, 7) is 6.59. The van der Waals surface area contributed by atoms with Gasteiger partial charge in [0, 0.05) is 12.2 Å². The van der Waals surface area contributed by atoms with Crippen molar-refractivity contribution in [1.82, 2.24) is 0 Å². The first-order valence-corrected chi connectivity index (χ1v) is 5.79. The monoisotopic (exact) mass is 218 g/mol. The molecule has 2 nitrogen and oxygen atoms in total. The van der Waals surface area contributed by atoms with Crippen LogP contribution < -0.4 is 0 Å². The second-order valence-corrected chi connectivity index (χ2v) is 4.83. The first kappa shape index (κ1) is 11.3. The van der Waals surface area contributed by atoms with E-state index in [4.69, 9.17) is 4.74 Å². The highest BCUT2D eigenvalue weighted by atomic mass is 16.5. The van der Waals surface area contributed by atoms with E-state index in [2.05, 4.69) is 0 Å². The van der Waals surface area contributed by atoms with E-state index in [1.807, 2.05) is 39.0 Å². The molecule has 1 heterocycles. The molecule has 86 valence electrons. The molecule has 1 aromatic rings. The predicted molar refractivity (Wildman–Crippen MR) is 63.8 cm³/mol. The Morgan fingerprint density at radius 1 is 1.38 bits per heavy atom. The van der Waals surface area contributed by atoms with Gasteiger partial charge in [-0.25, -0.2) is 0 Å². The fourth-order valence-electron chi connectivity index (χ4n) is 2.22. The minimum absolute atomic E-state index is 0.131. The lowest BCUT2D eigenvalue weighted by atomic mass is 9.89. The van der Waals surface area contributed by atoms with Crippen molar-refractivity contribution >= 4 is 5.78 Å². The molecule has 0 bridgehead atoms. The van der Waals surface area contributed by atoms with Crippen LogP contribution in [-0.4, -0.2) is 18.0 Å². The summed E-state index contributed by atoms with van der Waals surface area (Å²) in [5, 5.41) is 0. The molecule has 0 aliphatic carbocycles. The van der Waals surface area contributed by atoms with Gasteiger partial charge in [-0.05, 0) is 45.2 Å². The van der Waals surface area contributed by atoms with Gasteiger partial charge in [0.1, 0.15) is 5.60 Å². The maximum absolute atomic E-state index is 12.4. The Balaban J connectivity index is 2.36. The summed E-state index contributed by atoms with van der Waals surface area (Å²) >= 11 is 0. The molecular weight excluding hydrogens is 200 g/mol. The van der Waals surface area contributed by atoms with Gasteiger partial charge in [0.25, 0.3) is 0 Å². The lowest BCUT2D eigenvalue weighted by Gasteiger charge is -2.22. The molecule has 0 spiro atoms. The molecule has 1 aliphatic rings. The van der Waals surface area contributed by atoms with Crippen LogP contribution in [0.3, 0.4) is 0 Å². The number of aryl methyl sites for hydroxylation is 2. The Morgan fingerprint density at radius 3 is 2.75 bits per heavy atom. The zero-order valence-corrected chi connectivity index (χ0v) is 10.2. The van der Waals surface area contributed by atoms with Gasteiger partial charge in [-0.2, -0.15) is 0 Å². The number of carbonyl (C=O) groups is 1. The Labute approximate surface area is 96.6 Å². The minimum Gasteiger partial charge on any atom is -0.367 e. The number of Topliss-reactive ketones (excluding diaryl/α,β-unsaturated/α-hetero) is 1. The summed E-state index contributed by atoms with van der Waals surface area (Å²) in [4.78, 5) is 12.4. The molecular formula is C14H18O2. The maximum atomic E-state index is 12.4. The number of benzene rings is 1. The maximum Gasteiger partial charge on any atom is 0.194 e. The second kappa shape index (κ2) is 4.02. The summed E-state index contributed by atoms with van der Waals surface area (Å²) in [5.41, 5.74) is 2.37. The number of carbonyl (C=O) groups excluding carboxylic acids is 1. The highest BCUT2D eigenvalue weighted by Crippen LogP contribution is 2.30. The Hall–Kier alpha value is -1.15. The number of ether oxygens (including phenoxy) is 1. The smallest absolute Gasteiger partial charge is 0.194 e. The standard InChI is InChI=1S/C14H18O2/c1-10-5-6-11(2)12(9-10)13(15)14(3)7-4-8-16-14/h5-6,9H,4,7-8H2,1-3H3. The van der Waals surface area contributed by atoms with E-state index in [1.54, 1.807) is 0 Å². The molecule has 0 radical (unpaired) electrons. The Bertz CT molecular complexity index is 415. The summed E-state index contributed by atoms with van der Waals surface area (Å²) in [6, 6.07) is 6.00. The van der Waals surface area contributed by atoms with Crippen LogP contribution in [0.2, 0.25) is 0 Å². The van der Waals surface area contributed by atoms with Crippen molar-refractivity contribution in [2.24, 2.45) is 0 Å². The highest BCUT2D eigenvalue weighted by molar-refractivity contribution is 6.03. The van der Waals surface area contributed by atoms with Crippen molar-refractivity contribution in [2.45, 2.75) is 39.2 Å². The SMILES string of the molecule is Cc1ccc(C)c(C(=O)C2(C)CCCO2)c1. The topological polar surface area (TPSA) is 26.3 Å². The number of ketones is 1. The fourth-order valence-corrected chi connectivity index (χ4v) is 2.22. The predicted octanol–water partition coefficient (Wildman–Crippen LogP) is 3.06. The van der Waals surface area contributed by atoms with Gasteiger partial charge in [0.15, 0.2) is 5.78 Å². The van der Waals surface area contributed by atoms with Crippen molar-refractivity contribution in [3.05, 3.63) is 34.9 Å². The van der Waals surface area contributed by atoms with E-state index < -0.39 is 5.60 Å². The van der Waals surface area contributed by atoms with Gasteiger partial charge in [-0.3, -0.25) is 4.79 Å². The third-order valence-electron chi connectivity index (χ3n) is 3.34. The van der Waals surface area contributed by atoms with Gasteiger partial charge in [0.05, 0.1) is 0 Å². The van der Waals surface area contributed by atoms with Crippen molar-refractivity contribution < 1.29 is 9.53 Å². The van der Waals surface area contributed by atoms with E-state index in [0.717, 1.165) is 29.5 Å². The van der Waals surface area contributed by atoms with Gasteiger partial charge < -0.3 is 4.74 Å². The van der Waals surface area contributed by atoms with Crippen LogP contribution in [0.1, 0.15) is 41.3 Å². The van der Waals surface area contributed by atoms with E-state index in [9.17, 15) is 4.79 Å². The van der Waals surface area contributed by atoms with Crippen molar-refractivity contribution in [3.8, 4) is 0 Å². The van der Waals surface area contributed by atoms with E-state index in [-0.39, 0.29) is 5.78 Å². The number of rotatable bonds is 2. The number of hydrogen-bond acceptors (Lipinski definition) is 2. The average molecular weight is 218 g/mol. The van der Waals surface area contributed by atoms with Crippen LogP contribution in [0.4, 0.5) is 0 Å². The average Bonchev–Trinajstić information content (AvgIpc) is 2.69. The van der Waals surface area contributed by atoms with Crippen molar-refractivity contribution in [3.63, 3.8) is 0 Å². The van der Waals surface area contributed by atoms with Crippen molar-refractivity contribution in [2.75, 3.05) is 6.61 Å². The molecule has 16 heavy (non-hydrogen) atoms. The molecule has 0 aromatic heterocycles. The Morgan fingerprint density at radius 2 is 2.12 bits per heavy atom. The summed E-state index contributed by atoms with van der Waals surface area (Å²) in [6.07, 6.45) is 1.81. The lowest BCUT2D eigenvalue weighted by molar-refractivity contribution is 0.0213. The number of hydrogen-bond donors (Lipinski definition) is 0. The normalized spacial score (nSPS) is 24.7. The van der Waals surface area contributed by atoms with Crippen LogP contribution in [0.25, 0.3) is 0 Å². The van der Waals surface area contributed by atoms with Crippen LogP contribution >= 0.6 is 0 Å². The van der Waals surface area contributed by atoms with Crippen LogP contribution in [0.5, 0.6) is 0 Å². The molecule has 0 saturated carbocycles. The van der Waals surface area contributed by atoms with Crippen molar-refractivity contribution in [1.29, 1.82) is 0 Å². The molecule has 2 heteroatoms. The van der Waals surface area contributed by atoms with Gasteiger partial charge in [0.2, 0.25) is 0 Å². The third-order valence-corrected chi connectivity index (χ3v) is 3.34. The fraction of sp³-hybridized carbons (Fsp3) is 0.500. The van der Waals surface area contributed by atoms with Gasteiger partial charge in [-0.1, -0.05) is 17.7 Å². The second-order valence-electron chi connectivity index (χ2n) is 4.83. The zero-order chi connectivity index (χ0) is 11.8. The summed E-state index contributed by atoms with van der Waals surface area (Å²) in [7, 11) is 0. The summed E-state index contributed by atoms with van der Waals surface area (Å²) in [5.74, 6) is 0.131. The largest absolute Gasteiger partial charge is 0.367 e. The molecule has 1 unspecified atom stereocenters.